The molecule has 0 saturated heterocycles. The molecule has 3 atom stereocenters. The zero-order chi connectivity index (χ0) is 26.4. The fourth-order valence-corrected chi connectivity index (χ4v) is 4.41. The molecule has 0 aliphatic heterocycles. The maximum absolute atomic E-state index is 13.7. The summed E-state index contributed by atoms with van der Waals surface area (Å²) in [5.74, 6) is -1.73. The van der Waals surface area contributed by atoms with Gasteiger partial charge in [-0.2, -0.15) is 0 Å². The van der Waals surface area contributed by atoms with Crippen LogP contribution < -0.4 is 5.32 Å². The number of rotatable bonds is 10. The number of likely N-dealkylation sites (N-methyl/N-ethyl adjacent to an activating group) is 1. The second-order valence-electron chi connectivity index (χ2n) is 11.2. The van der Waals surface area contributed by atoms with Crippen LogP contribution in [-0.2, 0) is 19.8 Å². The van der Waals surface area contributed by atoms with Gasteiger partial charge in [0.2, 0.25) is 11.8 Å². The van der Waals surface area contributed by atoms with Crippen molar-refractivity contribution >= 4 is 17.8 Å². The summed E-state index contributed by atoms with van der Waals surface area (Å²) in [6.45, 7) is 17.3. The topological polar surface area (TPSA) is 86.7 Å². The van der Waals surface area contributed by atoms with Crippen molar-refractivity contribution in [1.82, 2.24) is 10.2 Å². The van der Waals surface area contributed by atoms with Crippen LogP contribution in [0.25, 0.3) is 0 Å². The number of carboxylic acid groups (broad SMARTS) is 1. The van der Waals surface area contributed by atoms with Gasteiger partial charge in [-0.3, -0.25) is 9.59 Å². The number of amides is 2. The van der Waals surface area contributed by atoms with Crippen molar-refractivity contribution in [3.63, 3.8) is 0 Å². The summed E-state index contributed by atoms with van der Waals surface area (Å²) in [7, 11) is 1.68. The van der Waals surface area contributed by atoms with Crippen LogP contribution in [-0.4, -0.2) is 46.9 Å². The van der Waals surface area contributed by atoms with Crippen molar-refractivity contribution in [3.8, 4) is 0 Å². The third kappa shape index (κ3) is 7.18. The summed E-state index contributed by atoms with van der Waals surface area (Å²) >= 11 is 0. The Hall–Kier alpha value is -2.63. The molecule has 0 saturated carbocycles. The standard InChI is InChI=1S/C28H44N2O4/c1-11-21(28(8,9)20-15-13-12-14-16-20)24(31)29-23(27(5,6)7)25(32)30(10)22(18(2)3)17-19(4)26(33)34/h12-18,21-23H,11H2,1-10H3,(H,29,31)(H,33,34)/t21-,22-,23-/m1/s1. The van der Waals surface area contributed by atoms with Crippen molar-refractivity contribution in [2.24, 2.45) is 17.3 Å². The molecule has 1 aromatic rings. The molecule has 190 valence electrons. The van der Waals surface area contributed by atoms with Crippen molar-refractivity contribution in [2.45, 2.75) is 86.2 Å². The van der Waals surface area contributed by atoms with E-state index in [4.69, 9.17) is 0 Å². The van der Waals surface area contributed by atoms with Crippen LogP contribution in [0, 0.1) is 17.3 Å². The highest BCUT2D eigenvalue weighted by molar-refractivity contribution is 5.90. The van der Waals surface area contributed by atoms with Gasteiger partial charge in [-0.05, 0) is 30.2 Å². The molecule has 34 heavy (non-hydrogen) atoms. The van der Waals surface area contributed by atoms with E-state index in [1.165, 1.54) is 6.92 Å². The van der Waals surface area contributed by atoms with Gasteiger partial charge < -0.3 is 15.3 Å². The van der Waals surface area contributed by atoms with Gasteiger partial charge in [-0.1, -0.05) is 91.8 Å². The Labute approximate surface area is 205 Å². The molecule has 6 heteroatoms. The summed E-state index contributed by atoms with van der Waals surface area (Å²) in [4.78, 5) is 40.2. The van der Waals surface area contributed by atoms with Gasteiger partial charge in [0.15, 0.2) is 0 Å². The predicted octanol–water partition coefficient (Wildman–Crippen LogP) is 5.04. The fourth-order valence-electron chi connectivity index (χ4n) is 4.41. The minimum Gasteiger partial charge on any atom is -0.478 e. The number of hydrogen-bond acceptors (Lipinski definition) is 3. The molecule has 0 unspecified atom stereocenters. The summed E-state index contributed by atoms with van der Waals surface area (Å²) in [5.41, 5.74) is 0.301. The van der Waals surface area contributed by atoms with E-state index in [0.717, 1.165) is 5.56 Å². The summed E-state index contributed by atoms with van der Waals surface area (Å²) in [5, 5.41) is 12.4. The maximum atomic E-state index is 13.7. The number of carboxylic acids is 1. The average molecular weight is 473 g/mol. The first-order valence-electron chi connectivity index (χ1n) is 12.1. The second-order valence-corrected chi connectivity index (χ2v) is 11.2. The Bertz CT molecular complexity index is 881. The van der Waals surface area contributed by atoms with Gasteiger partial charge in [0.1, 0.15) is 6.04 Å². The van der Waals surface area contributed by atoms with E-state index in [2.05, 4.69) is 19.2 Å². The monoisotopic (exact) mass is 472 g/mol. The first-order chi connectivity index (χ1) is 15.5. The van der Waals surface area contributed by atoms with E-state index in [-0.39, 0.29) is 29.2 Å². The molecule has 0 aliphatic carbocycles. The van der Waals surface area contributed by atoms with Gasteiger partial charge in [-0.15, -0.1) is 0 Å². The van der Waals surface area contributed by atoms with Crippen LogP contribution in [0.1, 0.15) is 74.3 Å². The first kappa shape index (κ1) is 29.4. The first-order valence-corrected chi connectivity index (χ1v) is 12.1. The van der Waals surface area contributed by atoms with Crippen LogP contribution in [0.5, 0.6) is 0 Å². The molecular weight excluding hydrogens is 428 g/mol. The smallest absolute Gasteiger partial charge is 0.331 e. The van der Waals surface area contributed by atoms with Gasteiger partial charge >= 0.3 is 5.97 Å². The number of benzene rings is 1. The Kier molecular flexibility index (Phi) is 10.1. The average Bonchev–Trinajstić information content (AvgIpc) is 2.74. The van der Waals surface area contributed by atoms with E-state index in [0.29, 0.717) is 6.42 Å². The van der Waals surface area contributed by atoms with Gasteiger partial charge in [0.05, 0.1) is 6.04 Å². The molecule has 0 fully saturated rings. The number of carbonyl (C=O) groups is 3. The van der Waals surface area contributed by atoms with Crippen molar-refractivity contribution in [2.75, 3.05) is 7.05 Å². The number of nitrogens with one attached hydrogen (secondary N) is 1. The molecule has 1 aromatic carbocycles. The normalized spacial score (nSPS) is 15.4. The number of nitrogens with zero attached hydrogens (tertiary/aromatic N) is 1. The highest BCUT2D eigenvalue weighted by Gasteiger charge is 2.41. The minimum absolute atomic E-state index is 0.0000239. The SMILES string of the molecule is CC[C@H](C(=O)N[C@H](C(=O)N(C)[C@H](C=C(C)C(=O)O)C(C)C)C(C)(C)C)C(C)(C)c1ccccc1. The Balaban J connectivity index is 3.29. The molecule has 2 amide bonds. The molecule has 6 nitrogen and oxygen atoms in total. The maximum Gasteiger partial charge on any atom is 0.331 e. The molecule has 2 N–H and O–H groups in total. The zero-order valence-electron chi connectivity index (χ0n) is 22.6. The van der Waals surface area contributed by atoms with E-state index >= 15 is 0 Å². The third-order valence-corrected chi connectivity index (χ3v) is 6.75. The largest absolute Gasteiger partial charge is 0.478 e. The summed E-state index contributed by atoms with van der Waals surface area (Å²) in [6.07, 6.45) is 2.24. The van der Waals surface area contributed by atoms with E-state index in [1.807, 2.05) is 71.9 Å². The Morgan fingerprint density at radius 1 is 1.06 bits per heavy atom. The number of carbonyl (C=O) groups excluding carboxylic acids is 2. The van der Waals surface area contributed by atoms with Crippen molar-refractivity contribution < 1.29 is 19.5 Å². The lowest BCUT2D eigenvalue weighted by molar-refractivity contribution is -0.141. The predicted molar refractivity (Wildman–Crippen MR) is 137 cm³/mol. The second kappa shape index (κ2) is 11.7. The van der Waals surface area contributed by atoms with Crippen molar-refractivity contribution in [1.29, 1.82) is 0 Å². The van der Waals surface area contributed by atoms with E-state index in [1.54, 1.807) is 18.0 Å². The zero-order valence-corrected chi connectivity index (χ0v) is 22.6. The van der Waals surface area contributed by atoms with Crippen LogP contribution >= 0.6 is 0 Å². The lowest BCUT2D eigenvalue weighted by Crippen LogP contribution is -2.58. The third-order valence-electron chi connectivity index (χ3n) is 6.75. The lowest BCUT2D eigenvalue weighted by atomic mass is 9.71. The quantitative estimate of drug-likeness (QED) is 0.467. The van der Waals surface area contributed by atoms with Gasteiger partial charge in [0, 0.05) is 24.0 Å². The molecule has 0 spiro atoms. The molecule has 0 radical (unpaired) electrons. The van der Waals surface area contributed by atoms with Crippen LogP contribution in [0.15, 0.2) is 42.0 Å². The van der Waals surface area contributed by atoms with Crippen LogP contribution in [0.2, 0.25) is 0 Å². The molecule has 0 bridgehead atoms. The summed E-state index contributed by atoms with van der Waals surface area (Å²) in [6, 6.07) is 8.78. The highest BCUT2D eigenvalue weighted by atomic mass is 16.4. The van der Waals surface area contributed by atoms with Crippen LogP contribution in [0.3, 0.4) is 0 Å². The Morgan fingerprint density at radius 2 is 1.59 bits per heavy atom. The van der Waals surface area contributed by atoms with E-state index in [9.17, 15) is 19.5 Å². The van der Waals surface area contributed by atoms with E-state index < -0.39 is 28.9 Å². The Morgan fingerprint density at radius 3 is 2.00 bits per heavy atom. The molecular formula is C28H44N2O4. The highest BCUT2D eigenvalue weighted by Crippen LogP contribution is 2.34. The van der Waals surface area contributed by atoms with Gasteiger partial charge in [-0.25, -0.2) is 4.79 Å². The molecule has 0 aliphatic rings. The summed E-state index contributed by atoms with van der Waals surface area (Å²) < 4.78 is 0. The molecule has 0 aromatic heterocycles. The fraction of sp³-hybridized carbons (Fsp3) is 0.607. The number of aliphatic carboxylic acids is 1. The number of hydrogen-bond donors (Lipinski definition) is 2. The minimum atomic E-state index is -1.01. The molecule has 1 rings (SSSR count). The van der Waals surface area contributed by atoms with Crippen LogP contribution in [0.4, 0.5) is 0 Å². The van der Waals surface area contributed by atoms with Crippen molar-refractivity contribution in [3.05, 3.63) is 47.5 Å². The molecule has 0 heterocycles. The lowest BCUT2D eigenvalue weighted by Gasteiger charge is -2.39. The van der Waals surface area contributed by atoms with Gasteiger partial charge in [0.25, 0.3) is 0 Å².